The van der Waals surface area contributed by atoms with Crippen LogP contribution < -0.4 is 5.32 Å². The molecule has 0 aliphatic carbocycles. The van der Waals surface area contributed by atoms with E-state index in [1.807, 2.05) is 7.05 Å². The van der Waals surface area contributed by atoms with Crippen LogP contribution in [-0.4, -0.2) is 7.05 Å². The first-order valence-electron chi connectivity index (χ1n) is 7.43. The minimum absolute atomic E-state index is 0.220. The Bertz CT molecular complexity index is 748. The molecule has 106 valence electrons. The number of rotatable bonds is 3. The van der Waals surface area contributed by atoms with Gasteiger partial charge in [-0.15, -0.1) is 0 Å². The monoisotopic (exact) mass is 275 g/mol. The van der Waals surface area contributed by atoms with Gasteiger partial charge in [-0.25, -0.2) is 0 Å². The molecule has 1 N–H and O–H groups in total. The van der Waals surface area contributed by atoms with Gasteiger partial charge in [0.25, 0.3) is 0 Å². The van der Waals surface area contributed by atoms with Gasteiger partial charge < -0.3 is 5.32 Å². The molecular formula is C20H21N. The lowest BCUT2D eigenvalue weighted by molar-refractivity contribution is 0.688. The highest BCUT2D eigenvalue weighted by Gasteiger charge is 2.18. The summed E-state index contributed by atoms with van der Waals surface area (Å²) in [7, 11) is 2.04. The van der Waals surface area contributed by atoms with Gasteiger partial charge in [0.15, 0.2) is 0 Å². The zero-order valence-electron chi connectivity index (χ0n) is 12.9. The van der Waals surface area contributed by atoms with E-state index < -0.39 is 0 Å². The summed E-state index contributed by atoms with van der Waals surface area (Å²) in [6.45, 7) is 4.38. The van der Waals surface area contributed by atoms with Crippen molar-refractivity contribution in [1.82, 2.24) is 5.32 Å². The fourth-order valence-electron chi connectivity index (χ4n) is 3.24. The van der Waals surface area contributed by atoms with E-state index in [-0.39, 0.29) is 6.04 Å². The highest BCUT2D eigenvalue weighted by molar-refractivity contribution is 5.86. The van der Waals surface area contributed by atoms with Crippen LogP contribution in [-0.2, 0) is 0 Å². The topological polar surface area (TPSA) is 12.0 Å². The quantitative estimate of drug-likeness (QED) is 0.726. The number of benzene rings is 3. The van der Waals surface area contributed by atoms with Crippen molar-refractivity contribution < 1.29 is 0 Å². The number of nitrogens with one attached hydrogen (secondary N) is 1. The lowest BCUT2D eigenvalue weighted by Gasteiger charge is -2.23. The molecule has 0 aliphatic rings. The smallest absolute Gasteiger partial charge is 0.0585 e. The average Bonchev–Trinajstić information content (AvgIpc) is 2.51. The van der Waals surface area contributed by atoms with E-state index in [9.17, 15) is 0 Å². The second-order valence-electron chi connectivity index (χ2n) is 5.60. The number of hydrogen-bond donors (Lipinski definition) is 1. The van der Waals surface area contributed by atoms with Gasteiger partial charge in [-0.05, 0) is 53.9 Å². The Balaban J connectivity index is 2.24. The van der Waals surface area contributed by atoms with E-state index in [2.05, 4.69) is 79.8 Å². The molecule has 0 aliphatic heterocycles. The van der Waals surface area contributed by atoms with Crippen molar-refractivity contribution in [3.8, 4) is 0 Å². The molecule has 1 atom stereocenters. The fourth-order valence-corrected chi connectivity index (χ4v) is 3.24. The summed E-state index contributed by atoms with van der Waals surface area (Å²) in [5.74, 6) is 0. The first-order valence-corrected chi connectivity index (χ1v) is 7.43. The highest BCUT2D eigenvalue weighted by atomic mass is 14.9. The van der Waals surface area contributed by atoms with Crippen LogP contribution in [0.2, 0.25) is 0 Å². The predicted molar refractivity (Wildman–Crippen MR) is 90.8 cm³/mol. The van der Waals surface area contributed by atoms with Gasteiger partial charge in [0.05, 0.1) is 6.04 Å². The van der Waals surface area contributed by atoms with Crippen LogP contribution in [0.25, 0.3) is 10.8 Å². The standard InChI is InChI=1S/C20H21N/c1-14-8-6-9-15(2)19(14)20(21-3)18-13-7-11-16-10-4-5-12-17(16)18/h4-13,20-21H,1-3H3. The van der Waals surface area contributed by atoms with E-state index in [0.717, 1.165) is 0 Å². The van der Waals surface area contributed by atoms with Crippen molar-refractivity contribution in [3.05, 3.63) is 82.9 Å². The van der Waals surface area contributed by atoms with Gasteiger partial charge >= 0.3 is 0 Å². The first-order chi connectivity index (χ1) is 10.2. The first kappa shape index (κ1) is 13.8. The molecule has 3 aromatic rings. The second kappa shape index (κ2) is 5.71. The molecule has 0 radical (unpaired) electrons. The molecule has 1 unspecified atom stereocenters. The minimum atomic E-state index is 0.220. The summed E-state index contributed by atoms with van der Waals surface area (Å²) in [6, 6.07) is 21.9. The van der Waals surface area contributed by atoms with E-state index >= 15 is 0 Å². The van der Waals surface area contributed by atoms with Gasteiger partial charge in [0.2, 0.25) is 0 Å². The molecule has 0 fully saturated rings. The van der Waals surface area contributed by atoms with Crippen LogP contribution in [0.1, 0.15) is 28.3 Å². The van der Waals surface area contributed by atoms with Crippen LogP contribution in [0.3, 0.4) is 0 Å². The summed E-state index contributed by atoms with van der Waals surface area (Å²) < 4.78 is 0. The Morgan fingerprint density at radius 3 is 2.10 bits per heavy atom. The molecule has 0 saturated heterocycles. The van der Waals surface area contributed by atoms with Gasteiger partial charge in [-0.1, -0.05) is 60.7 Å². The van der Waals surface area contributed by atoms with E-state index in [1.165, 1.54) is 33.0 Å². The largest absolute Gasteiger partial charge is 0.309 e. The predicted octanol–water partition coefficient (Wildman–Crippen LogP) is 4.77. The average molecular weight is 275 g/mol. The molecule has 0 spiro atoms. The summed E-state index contributed by atoms with van der Waals surface area (Å²) in [4.78, 5) is 0. The van der Waals surface area contributed by atoms with Crippen LogP contribution in [0.5, 0.6) is 0 Å². The van der Waals surface area contributed by atoms with Crippen LogP contribution in [0.4, 0.5) is 0 Å². The lowest BCUT2D eigenvalue weighted by atomic mass is 9.89. The van der Waals surface area contributed by atoms with Crippen molar-refractivity contribution in [2.24, 2.45) is 0 Å². The third-order valence-electron chi connectivity index (χ3n) is 4.25. The molecule has 1 nitrogen and oxygen atoms in total. The van der Waals surface area contributed by atoms with Crippen molar-refractivity contribution in [1.29, 1.82) is 0 Å². The molecule has 3 aromatic carbocycles. The molecular weight excluding hydrogens is 254 g/mol. The fraction of sp³-hybridized carbons (Fsp3) is 0.200. The van der Waals surface area contributed by atoms with E-state index in [4.69, 9.17) is 0 Å². The molecule has 0 saturated carbocycles. The highest BCUT2D eigenvalue weighted by Crippen LogP contribution is 2.32. The van der Waals surface area contributed by atoms with Crippen molar-refractivity contribution in [2.75, 3.05) is 7.05 Å². The Morgan fingerprint density at radius 1 is 0.762 bits per heavy atom. The molecule has 0 amide bonds. The molecule has 0 bridgehead atoms. The van der Waals surface area contributed by atoms with Crippen molar-refractivity contribution in [3.63, 3.8) is 0 Å². The van der Waals surface area contributed by atoms with Gasteiger partial charge in [-0.2, -0.15) is 0 Å². The molecule has 0 heterocycles. The maximum Gasteiger partial charge on any atom is 0.0585 e. The SMILES string of the molecule is CNC(c1c(C)cccc1C)c1cccc2ccccc12. The van der Waals surface area contributed by atoms with Crippen LogP contribution in [0, 0.1) is 13.8 Å². The van der Waals surface area contributed by atoms with E-state index in [0.29, 0.717) is 0 Å². The summed E-state index contributed by atoms with van der Waals surface area (Å²) in [5, 5.41) is 6.12. The Morgan fingerprint density at radius 2 is 1.38 bits per heavy atom. The summed E-state index contributed by atoms with van der Waals surface area (Å²) in [5.41, 5.74) is 5.40. The molecule has 21 heavy (non-hydrogen) atoms. The molecule has 1 heteroatoms. The van der Waals surface area contributed by atoms with Crippen LogP contribution in [0.15, 0.2) is 60.7 Å². The van der Waals surface area contributed by atoms with Crippen molar-refractivity contribution >= 4 is 10.8 Å². The Kier molecular flexibility index (Phi) is 3.76. The lowest BCUT2D eigenvalue weighted by Crippen LogP contribution is -2.20. The van der Waals surface area contributed by atoms with Gasteiger partial charge in [-0.3, -0.25) is 0 Å². The molecule has 0 aromatic heterocycles. The normalized spacial score (nSPS) is 12.5. The zero-order valence-corrected chi connectivity index (χ0v) is 12.9. The molecule has 3 rings (SSSR count). The van der Waals surface area contributed by atoms with Crippen LogP contribution >= 0.6 is 0 Å². The maximum absolute atomic E-state index is 3.51. The van der Waals surface area contributed by atoms with Gasteiger partial charge in [0.1, 0.15) is 0 Å². The van der Waals surface area contributed by atoms with Crippen molar-refractivity contribution in [2.45, 2.75) is 19.9 Å². The Labute approximate surface area is 126 Å². The number of hydrogen-bond acceptors (Lipinski definition) is 1. The summed E-state index contributed by atoms with van der Waals surface area (Å²) in [6.07, 6.45) is 0. The second-order valence-corrected chi connectivity index (χ2v) is 5.60. The van der Waals surface area contributed by atoms with Gasteiger partial charge in [0, 0.05) is 0 Å². The Hall–Kier alpha value is -2.12. The summed E-state index contributed by atoms with van der Waals surface area (Å²) >= 11 is 0. The third-order valence-corrected chi connectivity index (χ3v) is 4.25. The third kappa shape index (κ3) is 2.45. The zero-order chi connectivity index (χ0) is 14.8. The van der Waals surface area contributed by atoms with E-state index in [1.54, 1.807) is 0 Å². The number of aryl methyl sites for hydroxylation is 2. The minimum Gasteiger partial charge on any atom is -0.309 e. The number of fused-ring (bicyclic) bond motifs is 1. The maximum atomic E-state index is 3.51.